The number of anilines is 2. The third kappa shape index (κ3) is 3.56. The van der Waals surface area contributed by atoms with Crippen molar-refractivity contribution >= 4 is 23.3 Å². The van der Waals surface area contributed by atoms with Gasteiger partial charge in [0, 0.05) is 11.3 Å². The number of carbonyl (C=O) groups is 2. The lowest BCUT2D eigenvalue weighted by Gasteiger charge is -2.18. The molecule has 1 heterocycles. The molecule has 1 saturated carbocycles. The maximum absolute atomic E-state index is 11.9. The van der Waals surface area contributed by atoms with Gasteiger partial charge in [0.25, 0.3) is 0 Å². The van der Waals surface area contributed by atoms with Gasteiger partial charge in [-0.2, -0.15) is 0 Å². The van der Waals surface area contributed by atoms with Crippen LogP contribution in [0.2, 0.25) is 0 Å². The first-order valence-electron chi connectivity index (χ1n) is 6.86. The van der Waals surface area contributed by atoms with Crippen LogP contribution in [0.3, 0.4) is 0 Å². The van der Waals surface area contributed by atoms with E-state index in [1.807, 2.05) is 27.7 Å². The zero-order valence-corrected chi connectivity index (χ0v) is 12.4. The van der Waals surface area contributed by atoms with E-state index in [4.69, 9.17) is 0 Å². The summed E-state index contributed by atoms with van der Waals surface area (Å²) in [6.07, 6.45) is 3.51. The highest BCUT2D eigenvalue weighted by Gasteiger charge is 2.29. The van der Waals surface area contributed by atoms with E-state index < -0.39 is 5.41 Å². The van der Waals surface area contributed by atoms with Crippen molar-refractivity contribution in [3.63, 3.8) is 0 Å². The number of nitrogens with zero attached hydrogens (tertiary/aromatic N) is 1. The molecule has 0 radical (unpaired) electrons. The maximum atomic E-state index is 11.9. The normalized spacial score (nSPS) is 14.8. The number of hydrogen-bond acceptors (Lipinski definition) is 3. The highest BCUT2D eigenvalue weighted by molar-refractivity contribution is 5.96. The lowest BCUT2D eigenvalue weighted by Crippen LogP contribution is -2.28. The molecule has 0 spiro atoms. The lowest BCUT2D eigenvalue weighted by atomic mass is 9.95. The van der Waals surface area contributed by atoms with E-state index >= 15 is 0 Å². The molecule has 0 aliphatic heterocycles. The van der Waals surface area contributed by atoms with E-state index in [1.54, 1.807) is 12.3 Å². The van der Waals surface area contributed by atoms with Gasteiger partial charge in [-0.05, 0) is 31.4 Å². The zero-order valence-electron chi connectivity index (χ0n) is 12.4. The van der Waals surface area contributed by atoms with Crippen LogP contribution in [-0.4, -0.2) is 16.8 Å². The van der Waals surface area contributed by atoms with Crippen LogP contribution in [-0.2, 0) is 9.59 Å². The topological polar surface area (TPSA) is 71.1 Å². The van der Waals surface area contributed by atoms with Gasteiger partial charge in [0.2, 0.25) is 11.8 Å². The Hall–Kier alpha value is -1.91. The van der Waals surface area contributed by atoms with Gasteiger partial charge in [-0.25, -0.2) is 4.98 Å². The number of pyridine rings is 1. The number of nitrogens with one attached hydrogen (secondary N) is 2. The molecule has 0 bridgehead atoms. The van der Waals surface area contributed by atoms with E-state index in [-0.39, 0.29) is 17.7 Å². The number of hydrogen-bond donors (Lipinski definition) is 2. The Bertz CT molecular complexity index is 543. The second-order valence-corrected chi connectivity index (χ2v) is 6.35. The van der Waals surface area contributed by atoms with E-state index in [0.717, 1.165) is 18.4 Å². The van der Waals surface area contributed by atoms with Crippen molar-refractivity contribution < 1.29 is 9.59 Å². The maximum Gasteiger partial charge on any atom is 0.229 e. The number of carbonyl (C=O) groups excluding carboxylic acids is 2. The molecule has 5 nitrogen and oxygen atoms in total. The molecule has 2 rings (SSSR count). The van der Waals surface area contributed by atoms with Crippen molar-refractivity contribution in [2.45, 2.75) is 40.5 Å². The first-order chi connectivity index (χ1) is 9.27. The predicted octanol–water partition coefficient (Wildman–Crippen LogP) is 2.72. The molecule has 2 amide bonds. The first-order valence-corrected chi connectivity index (χ1v) is 6.86. The molecule has 1 aromatic rings. The number of rotatable bonds is 3. The van der Waals surface area contributed by atoms with Crippen LogP contribution in [0.4, 0.5) is 11.5 Å². The Morgan fingerprint density at radius 2 is 1.90 bits per heavy atom. The van der Waals surface area contributed by atoms with Crippen LogP contribution in [0.15, 0.2) is 12.3 Å². The van der Waals surface area contributed by atoms with E-state index in [0.29, 0.717) is 11.5 Å². The Morgan fingerprint density at radius 3 is 2.40 bits per heavy atom. The molecule has 5 heteroatoms. The summed E-state index contributed by atoms with van der Waals surface area (Å²) in [5.74, 6) is 0.658. The average Bonchev–Trinajstić information content (AvgIpc) is 3.15. The third-order valence-electron chi connectivity index (χ3n) is 3.24. The molecule has 0 aromatic carbocycles. The molecule has 1 fully saturated rings. The largest absolute Gasteiger partial charge is 0.324 e. The molecule has 0 atom stereocenters. The summed E-state index contributed by atoms with van der Waals surface area (Å²) in [7, 11) is 0. The van der Waals surface area contributed by atoms with Crippen molar-refractivity contribution in [3.8, 4) is 0 Å². The monoisotopic (exact) mass is 275 g/mol. The lowest BCUT2D eigenvalue weighted by molar-refractivity contribution is -0.123. The summed E-state index contributed by atoms with van der Waals surface area (Å²) in [5.41, 5.74) is 1.10. The minimum Gasteiger partial charge on any atom is -0.324 e. The standard InChI is InChI=1S/C15H21N3O2/c1-9-7-12(18-13(19)10-5-6-10)16-8-11(9)17-14(20)15(2,3)4/h7-8,10H,5-6H2,1-4H3,(H,17,20)(H,16,18,19). The van der Waals surface area contributed by atoms with Gasteiger partial charge >= 0.3 is 0 Å². The number of amides is 2. The SMILES string of the molecule is Cc1cc(NC(=O)C2CC2)ncc1NC(=O)C(C)(C)C. The Labute approximate surface area is 119 Å². The van der Waals surface area contributed by atoms with E-state index in [1.165, 1.54) is 0 Å². The second kappa shape index (κ2) is 5.23. The molecular formula is C15H21N3O2. The average molecular weight is 275 g/mol. The van der Waals surface area contributed by atoms with Crippen molar-refractivity contribution in [2.75, 3.05) is 10.6 Å². The highest BCUT2D eigenvalue weighted by Crippen LogP contribution is 2.30. The number of aromatic nitrogens is 1. The minimum atomic E-state index is -0.453. The van der Waals surface area contributed by atoms with Crippen molar-refractivity contribution in [1.82, 2.24) is 4.98 Å². The molecule has 1 aromatic heterocycles. The molecule has 1 aliphatic carbocycles. The number of aryl methyl sites for hydroxylation is 1. The van der Waals surface area contributed by atoms with Gasteiger partial charge in [-0.15, -0.1) is 0 Å². The van der Waals surface area contributed by atoms with E-state index in [2.05, 4.69) is 15.6 Å². The van der Waals surface area contributed by atoms with Crippen LogP contribution in [0.1, 0.15) is 39.2 Å². The highest BCUT2D eigenvalue weighted by atomic mass is 16.2. The van der Waals surface area contributed by atoms with E-state index in [9.17, 15) is 9.59 Å². The summed E-state index contributed by atoms with van der Waals surface area (Å²) in [5, 5.41) is 5.64. The molecule has 0 unspecified atom stereocenters. The van der Waals surface area contributed by atoms with Crippen LogP contribution >= 0.6 is 0 Å². The summed E-state index contributed by atoms with van der Waals surface area (Å²) < 4.78 is 0. The van der Waals surface area contributed by atoms with Gasteiger partial charge in [0.15, 0.2) is 0 Å². The van der Waals surface area contributed by atoms with Gasteiger partial charge in [-0.3, -0.25) is 9.59 Å². The summed E-state index contributed by atoms with van der Waals surface area (Å²) in [6.45, 7) is 7.45. The fourth-order valence-corrected chi connectivity index (χ4v) is 1.64. The fourth-order valence-electron chi connectivity index (χ4n) is 1.64. The quantitative estimate of drug-likeness (QED) is 0.891. The van der Waals surface area contributed by atoms with Crippen LogP contribution in [0.5, 0.6) is 0 Å². The summed E-state index contributed by atoms with van der Waals surface area (Å²) in [4.78, 5) is 27.8. The zero-order chi connectivity index (χ0) is 14.9. The molecule has 1 aliphatic rings. The fraction of sp³-hybridized carbons (Fsp3) is 0.533. The van der Waals surface area contributed by atoms with Gasteiger partial charge in [-0.1, -0.05) is 20.8 Å². The van der Waals surface area contributed by atoms with Crippen molar-refractivity contribution in [1.29, 1.82) is 0 Å². The molecule has 20 heavy (non-hydrogen) atoms. The summed E-state index contributed by atoms with van der Waals surface area (Å²) >= 11 is 0. The summed E-state index contributed by atoms with van der Waals surface area (Å²) in [6, 6.07) is 1.78. The second-order valence-electron chi connectivity index (χ2n) is 6.35. The third-order valence-corrected chi connectivity index (χ3v) is 3.24. The smallest absolute Gasteiger partial charge is 0.229 e. The van der Waals surface area contributed by atoms with Crippen LogP contribution in [0.25, 0.3) is 0 Å². The molecular weight excluding hydrogens is 254 g/mol. The van der Waals surface area contributed by atoms with Crippen LogP contribution in [0, 0.1) is 18.3 Å². The predicted molar refractivity (Wildman–Crippen MR) is 78.4 cm³/mol. The van der Waals surface area contributed by atoms with Gasteiger partial charge < -0.3 is 10.6 Å². The Balaban J connectivity index is 2.05. The van der Waals surface area contributed by atoms with Crippen molar-refractivity contribution in [3.05, 3.63) is 17.8 Å². The molecule has 0 saturated heterocycles. The molecule has 108 valence electrons. The Morgan fingerprint density at radius 1 is 1.25 bits per heavy atom. The first kappa shape index (κ1) is 14.5. The van der Waals surface area contributed by atoms with Gasteiger partial charge in [0.1, 0.15) is 5.82 Å². The minimum absolute atomic E-state index is 0.0309. The van der Waals surface area contributed by atoms with Crippen LogP contribution < -0.4 is 10.6 Å². The molecule has 2 N–H and O–H groups in total. The van der Waals surface area contributed by atoms with Gasteiger partial charge in [0.05, 0.1) is 11.9 Å². The Kier molecular flexibility index (Phi) is 3.79. The van der Waals surface area contributed by atoms with Crippen molar-refractivity contribution in [2.24, 2.45) is 11.3 Å².